The fourth-order valence-electron chi connectivity index (χ4n) is 19.4. The van der Waals surface area contributed by atoms with Crippen molar-refractivity contribution in [3.8, 4) is 120 Å². The van der Waals surface area contributed by atoms with Crippen molar-refractivity contribution < 1.29 is 0 Å². The molecule has 6 aromatic heterocycles. The molecule has 27 rings (SSSR count). The molecule has 630 valence electrons. The largest absolute Gasteiger partial charge is 0.309 e. The summed E-state index contributed by atoms with van der Waals surface area (Å²) in [6.07, 6.45) is 0. The lowest BCUT2D eigenvalue weighted by Crippen LogP contribution is -2.01. The number of aromatic nitrogens is 12. The average Bonchev–Trinajstić information content (AvgIpc) is 1.60. The van der Waals surface area contributed by atoms with E-state index < -0.39 is 0 Å². The highest BCUT2D eigenvalue weighted by Gasteiger charge is 2.25. The van der Waals surface area contributed by atoms with E-state index in [1.807, 2.05) is 140 Å². The third kappa shape index (κ3) is 14.4. The van der Waals surface area contributed by atoms with Crippen LogP contribution in [0.1, 0.15) is 0 Å². The number of benzene rings is 21. The molecule has 12 nitrogen and oxygen atoms in total. The van der Waals surface area contributed by atoms with Crippen LogP contribution in [0.4, 0.5) is 0 Å². The highest BCUT2D eigenvalue weighted by Crippen LogP contribution is 2.44. The molecule has 0 atom stereocenters. The van der Waals surface area contributed by atoms with Gasteiger partial charge in [0.15, 0.2) is 52.4 Å². The Balaban J connectivity index is 0.000000108. The summed E-state index contributed by atoms with van der Waals surface area (Å²) in [6, 6.07) is 165. The molecular weight excluding hydrogens is 1650 g/mol. The maximum Gasteiger partial charge on any atom is 0.164 e. The molecule has 27 aromatic rings. The Morgan fingerprint density at radius 2 is 0.363 bits per heavy atom. The summed E-state index contributed by atoms with van der Waals surface area (Å²) in [5.41, 5.74) is 19.0. The fraction of sp³-hybridized carbons (Fsp3) is 0. The predicted molar refractivity (Wildman–Crippen MR) is 556 cm³/mol. The van der Waals surface area contributed by atoms with Gasteiger partial charge in [-0.3, -0.25) is 0 Å². The van der Waals surface area contributed by atoms with Gasteiger partial charge in [0.2, 0.25) is 0 Å². The van der Waals surface area contributed by atoms with Crippen LogP contribution in [-0.2, 0) is 0 Å². The van der Waals surface area contributed by atoms with Crippen molar-refractivity contribution in [2.45, 2.75) is 0 Å². The van der Waals surface area contributed by atoms with Crippen LogP contribution in [0.25, 0.3) is 250 Å². The SMILES string of the molecule is c1ccc(-c2nc(-c3ccc4ccccc4c3)nc(-c3ccc(-n4c5ccccc5c5cc6ccccc6cc54)c4ccccc34)n2)cc1.c1ccc(-c2nc(-c3ccccc3)nc(-c3ccc(-n4c5ccccc5c5cc6ccccc6cc54)c4ccccc34)n2)cc1.c1ccc(-c2nc(-c3ccccc3)nc(-c3ccc(-n4c5ccccc5c5cc6ccccc6cc54)cc3)n2)cc1. The lowest BCUT2D eigenvalue weighted by molar-refractivity contribution is 1.07. The maximum atomic E-state index is 5.15. The van der Waals surface area contributed by atoms with Crippen LogP contribution >= 0.6 is 0 Å². The topological polar surface area (TPSA) is 131 Å². The van der Waals surface area contributed by atoms with Crippen LogP contribution < -0.4 is 0 Å². The summed E-state index contributed by atoms with van der Waals surface area (Å²) >= 11 is 0. The maximum absolute atomic E-state index is 5.15. The molecule has 0 spiro atoms. The molecule has 0 aliphatic carbocycles. The van der Waals surface area contributed by atoms with E-state index in [4.69, 9.17) is 44.9 Å². The molecule has 0 bridgehead atoms. The number of hydrogen-bond acceptors (Lipinski definition) is 9. The summed E-state index contributed by atoms with van der Waals surface area (Å²) in [5.74, 6) is 5.88. The van der Waals surface area contributed by atoms with Gasteiger partial charge in [0.05, 0.1) is 44.5 Å². The average molecular weight is 1720 g/mol. The predicted octanol–water partition coefficient (Wildman–Crippen LogP) is 30.8. The quantitative estimate of drug-likeness (QED) is 0.117. The number of hydrogen-bond donors (Lipinski definition) is 0. The molecule has 0 saturated heterocycles. The van der Waals surface area contributed by atoms with E-state index in [0.29, 0.717) is 52.4 Å². The van der Waals surface area contributed by atoms with E-state index in [-0.39, 0.29) is 0 Å². The molecular formula is C123H78N12. The second-order valence-electron chi connectivity index (χ2n) is 33.9. The second kappa shape index (κ2) is 33.6. The van der Waals surface area contributed by atoms with Gasteiger partial charge in [0.25, 0.3) is 0 Å². The van der Waals surface area contributed by atoms with Crippen molar-refractivity contribution in [3.05, 3.63) is 473 Å². The van der Waals surface area contributed by atoms with Crippen molar-refractivity contribution in [2.75, 3.05) is 0 Å². The Kier molecular flexibility index (Phi) is 19.6. The summed E-state index contributed by atoms with van der Waals surface area (Å²) in [7, 11) is 0. The standard InChI is InChI=1S/C45H28N4.C41H26N4.C37H24N4/c1-2-13-30(14-3-1)43-46-44(34-23-22-29-12-4-5-15-31(29)26-34)48-45(47-43)38-24-25-41(36-19-9-8-18-35(36)38)49-40-21-11-10-20-37(40)39-27-32-16-6-7-17-33(32)28-42(39)49;1-3-13-27(14-4-1)39-42-40(28-15-5-2-6-16-28)44-41(43-39)34-23-24-37(32-20-10-9-19-31(32)34)45-36-22-12-11-21-33(36)35-25-29-17-7-8-18-30(29)26-38(35)45;1-3-11-25(12-4-1)35-38-36(26-13-5-2-6-14-26)40-37(39-35)27-19-21-30(22-20-27)41-33-18-10-9-17-31(33)32-23-28-15-7-8-16-29(28)24-34(32)41/h1-28H;1-26H;1-24H. The van der Waals surface area contributed by atoms with Gasteiger partial charge in [-0.2, -0.15) is 0 Å². The highest BCUT2D eigenvalue weighted by molar-refractivity contribution is 6.18. The zero-order valence-electron chi connectivity index (χ0n) is 72.9. The summed E-state index contributed by atoms with van der Waals surface area (Å²) in [4.78, 5) is 44.9. The molecule has 0 saturated carbocycles. The number of rotatable bonds is 12. The molecule has 0 fully saturated rings. The molecule has 6 heterocycles. The van der Waals surface area contributed by atoms with E-state index in [1.54, 1.807) is 0 Å². The van der Waals surface area contributed by atoms with Crippen LogP contribution in [0.2, 0.25) is 0 Å². The normalized spacial score (nSPS) is 11.6. The van der Waals surface area contributed by atoms with Crippen LogP contribution in [0.15, 0.2) is 473 Å². The first-order chi connectivity index (χ1) is 66.9. The Bertz CT molecular complexity index is 9190. The first-order valence-electron chi connectivity index (χ1n) is 45.4. The second-order valence-corrected chi connectivity index (χ2v) is 33.9. The lowest BCUT2D eigenvalue weighted by atomic mass is 10.0. The minimum atomic E-state index is 0.646. The van der Waals surface area contributed by atoms with Gasteiger partial charge < -0.3 is 13.7 Å². The van der Waals surface area contributed by atoms with E-state index in [2.05, 4.69) is 347 Å². The third-order valence-corrected chi connectivity index (χ3v) is 25.8. The van der Waals surface area contributed by atoms with Crippen molar-refractivity contribution >= 4 is 130 Å². The van der Waals surface area contributed by atoms with Crippen molar-refractivity contribution in [1.29, 1.82) is 0 Å². The number of nitrogens with zero attached hydrogens (tertiary/aromatic N) is 12. The molecule has 0 radical (unpaired) electrons. The Hall–Kier alpha value is -18.4. The van der Waals surface area contributed by atoms with Gasteiger partial charge in [0, 0.05) is 98.8 Å². The van der Waals surface area contributed by atoms with E-state index in [9.17, 15) is 0 Å². The van der Waals surface area contributed by atoms with Crippen molar-refractivity contribution in [2.24, 2.45) is 0 Å². The van der Waals surface area contributed by atoms with E-state index in [1.165, 1.54) is 103 Å². The molecule has 21 aromatic carbocycles. The highest BCUT2D eigenvalue weighted by atomic mass is 15.1. The fourth-order valence-corrected chi connectivity index (χ4v) is 19.4. The van der Waals surface area contributed by atoms with Crippen LogP contribution in [0.5, 0.6) is 0 Å². The Morgan fingerprint density at radius 1 is 0.126 bits per heavy atom. The molecule has 12 heteroatoms. The molecule has 0 aliphatic heterocycles. The Morgan fingerprint density at radius 3 is 0.704 bits per heavy atom. The minimum Gasteiger partial charge on any atom is -0.309 e. The van der Waals surface area contributed by atoms with Gasteiger partial charge in [-0.05, 0) is 163 Å². The zero-order chi connectivity index (χ0) is 89.2. The van der Waals surface area contributed by atoms with E-state index >= 15 is 0 Å². The van der Waals surface area contributed by atoms with Crippen molar-refractivity contribution in [3.63, 3.8) is 0 Å². The van der Waals surface area contributed by atoms with Gasteiger partial charge in [-0.25, -0.2) is 44.9 Å². The molecule has 0 unspecified atom stereocenters. The molecule has 135 heavy (non-hydrogen) atoms. The number of fused-ring (bicyclic) bond motifs is 15. The lowest BCUT2D eigenvalue weighted by Gasteiger charge is -2.15. The van der Waals surface area contributed by atoms with Gasteiger partial charge in [-0.15, -0.1) is 0 Å². The minimum absolute atomic E-state index is 0.646. The molecule has 0 aliphatic rings. The first-order valence-corrected chi connectivity index (χ1v) is 45.4. The summed E-state index contributed by atoms with van der Waals surface area (Å²) in [6.45, 7) is 0. The summed E-state index contributed by atoms with van der Waals surface area (Å²) < 4.78 is 7.16. The van der Waals surface area contributed by atoms with Crippen LogP contribution in [0, 0.1) is 0 Å². The van der Waals surface area contributed by atoms with Gasteiger partial charge >= 0.3 is 0 Å². The number of para-hydroxylation sites is 3. The molecule has 0 amide bonds. The van der Waals surface area contributed by atoms with Crippen LogP contribution in [0.3, 0.4) is 0 Å². The monoisotopic (exact) mass is 1720 g/mol. The van der Waals surface area contributed by atoms with Gasteiger partial charge in [0.1, 0.15) is 0 Å². The zero-order valence-corrected chi connectivity index (χ0v) is 72.9. The third-order valence-electron chi connectivity index (χ3n) is 25.8. The summed E-state index contributed by atoms with van der Waals surface area (Å²) in [5, 5.41) is 21.6. The van der Waals surface area contributed by atoms with Gasteiger partial charge in [-0.1, -0.05) is 364 Å². The van der Waals surface area contributed by atoms with Crippen LogP contribution in [-0.4, -0.2) is 58.6 Å². The smallest absolute Gasteiger partial charge is 0.164 e. The Labute approximate surface area is 776 Å². The van der Waals surface area contributed by atoms with E-state index in [0.717, 1.165) is 94.1 Å². The molecule has 0 N–H and O–H groups in total. The first kappa shape index (κ1) is 78.8. The van der Waals surface area contributed by atoms with Crippen molar-refractivity contribution in [1.82, 2.24) is 58.6 Å².